The van der Waals surface area contributed by atoms with Gasteiger partial charge in [-0.25, -0.2) is 0 Å². The van der Waals surface area contributed by atoms with Crippen LogP contribution in [0.3, 0.4) is 0 Å². The zero-order valence-electron chi connectivity index (χ0n) is 15.7. The summed E-state index contributed by atoms with van der Waals surface area (Å²) in [6.07, 6.45) is 6.85. The molecule has 0 aromatic carbocycles. The Morgan fingerprint density at radius 3 is 2.76 bits per heavy atom. The third-order valence-corrected chi connectivity index (χ3v) is 6.82. The Bertz CT molecular complexity index is 605. The van der Waals surface area contributed by atoms with Gasteiger partial charge in [0.05, 0.1) is 19.8 Å². The molecule has 1 N–H and O–H groups in total. The van der Waals surface area contributed by atoms with Crippen LogP contribution in [-0.2, 0) is 18.9 Å². The second-order valence-corrected chi connectivity index (χ2v) is 8.20. The Kier molecular flexibility index (Phi) is 4.17. The van der Waals surface area contributed by atoms with Crippen molar-refractivity contribution in [2.24, 2.45) is 17.8 Å². The Morgan fingerprint density at radius 1 is 1.36 bits per heavy atom. The summed E-state index contributed by atoms with van der Waals surface area (Å²) in [7, 11) is 1.66. The molecular formula is C20H30O5. The monoisotopic (exact) mass is 350 g/mol. The van der Waals surface area contributed by atoms with Gasteiger partial charge in [-0.3, -0.25) is 0 Å². The molecule has 5 atom stereocenters. The lowest BCUT2D eigenvalue weighted by Gasteiger charge is -2.57. The van der Waals surface area contributed by atoms with Gasteiger partial charge in [-0.15, -0.1) is 0 Å². The number of hydrogen-bond donors (Lipinski definition) is 1. The molecule has 4 bridgehead atoms. The van der Waals surface area contributed by atoms with Crippen molar-refractivity contribution in [1.82, 2.24) is 0 Å². The van der Waals surface area contributed by atoms with E-state index < -0.39 is 17.2 Å². The number of ether oxygens (including phenoxy) is 4. The highest BCUT2D eigenvalue weighted by Crippen LogP contribution is 2.63. The van der Waals surface area contributed by atoms with Gasteiger partial charge in [-0.05, 0) is 45.1 Å². The van der Waals surface area contributed by atoms with Crippen LogP contribution in [-0.4, -0.2) is 49.2 Å². The summed E-state index contributed by atoms with van der Waals surface area (Å²) in [6, 6.07) is 0. The molecule has 0 amide bonds. The van der Waals surface area contributed by atoms with E-state index in [1.165, 1.54) is 5.57 Å². The number of allylic oxidation sites excluding steroid dienone is 1. The summed E-state index contributed by atoms with van der Waals surface area (Å²) in [5.41, 5.74) is 1.10. The smallest absolute Gasteiger partial charge is 0.208 e. The molecule has 140 valence electrons. The first-order valence-electron chi connectivity index (χ1n) is 9.41. The molecule has 0 unspecified atom stereocenters. The minimum Gasteiger partial charge on any atom is -0.379 e. The maximum absolute atomic E-state index is 11.8. The molecule has 5 heteroatoms. The first-order chi connectivity index (χ1) is 11.9. The Labute approximate surface area is 150 Å². The lowest BCUT2D eigenvalue weighted by Crippen LogP contribution is -2.68. The van der Waals surface area contributed by atoms with Gasteiger partial charge in [0, 0.05) is 25.4 Å². The Balaban J connectivity index is 1.60. The zero-order valence-corrected chi connectivity index (χ0v) is 15.7. The van der Waals surface area contributed by atoms with Crippen LogP contribution in [0.1, 0.15) is 40.0 Å². The van der Waals surface area contributed by atoms with E-state index in [2.05, 4.69) is 19.1 Å². The molecule has 0 aromatic rings. The van der Waals surface area contributed by atoms with E-state index in [9.17, 15) is 5.11 Å². The van der Waals surface area contributed by atoms with Crippen LogP contribution in [0.5, 0.6) is 0 Å². The molecule has 1 saturated carbocycles. The molecule has 3 aliphatic carbocycles. The number of rotatable bonds is 5. The molecule has 25 heavy (non-hydrogen) atoms. The minimum absolute atomic E-state index is 0.0377. The highest BCUT2D eigenvalue weighted by atomic mass is 16.7. The minimum atomic E-state index is -1.11. The fourth-order valence-electron chi connectivity index (χ4n) is 5.63. The highest BCUT2D eigenvalue weighted by molar-refractivity contribution is 5.38. The molecule has 3 fully saturated rings. The van der Waals surface area contributed by atoms with Crippen LogP contribution < -0.4 is 0 Å². The average molecular weight is 350 g/mol. The van der Waals surface area contributed by atoms with Crippen molar-refractivity contribution in [2.45, 2.75) is 57.2 Å². The third-order valence-electron chi connectivity index (χ3n) is 6.82. The predicted molar refractivity (Wildman–Crippen MR) is 92.8 cm³/mol. The van der Waals surface area contributed by atoms with Crippen molar-refractivity contribution in [2.75, 3.05) is 26.9 Å². The van der Waals surface area contributed by atoms with E-state index >= 15 is 0 Å². The summed E-state index contributed by atoms with van der Waals surface area (Å²) >= 11 is 0. The van der Waals surface area contributed by atoms with Gasteiger partial charge in [0.1, 0.15) is 5.60 Å². The van der Waals surface area contributed by atoms with Crippen molar-refractivity contribution < 1.29 is 24.1 Å². The second-order valence-electron chi connectivity index (χ2n) is 8.20. The molecule has 0 radical (unpaired) electrons. The van der Waals surface area contributed by atoms with Gasteiger partial charge >= 0.3 is 0 Å². The quantitative estimate of drug-likeness (QED) is 0.773. The fraction of sp³-hybridized carbons (Fsp3) is 0.800. The SMILES string of the molecule is CO[C@@]12OC[C@@H]3C[C@@H](C=C(C)[C@@H]31)[C@@]2(O)/C(C)=C/CCC1(C)OCCO1. The molecule has 0 spiro atoms. The van der Waals surface area contributed by atoms with E-state index in [-0.39, 0.29) is 11.8 Å². The van der Waals surface area contributed by atoms with E-state index in [0.717, 1.165) is 24.8 Å². The van der Waals surface area contributed by atoms with Gasteiger partial charge in [-0.2, -0.15) is 0 Å². The summed E-state index contributed by atoms with van der Waals surface area (Å²) in [6.45, 7) is 8.09. The second kappa shape index (κ2) is 5.89. The summed E-state index contributed by atoms with van der Waals surface area (Å²) in [5, 5.41) is 11.8. The van der Waals surface area contributed by atoms with Crippen LogP contribution in [0.4, 0.5) is 0 Å². The van der Waals surface area contributed by atoms with Crippen molar-refractivity contribution in [3.63, 3.8) is 0 Å². The van der Waals surface area contributed by atoms with Gasteiger partial charge in [0.25, 0.3) is 0 Å². The third kappa shape index (κ3) is 2.33. The van der Waals surface area contributed by atoms with Crippen molar-refractivity contribution in [3.05, 3.63) is 23.3 Å². The van der Waals surface area contributed by atoms with Crippen LogP contribution in [0.15, 0.2) is 23.3 Å². The zero-order chi connectivity index (χ0) is 17.9. The lowest BCUT2D eigenvalue weighted by molar-refractivity contribution is -0.313. The van der Waals surface area contributed by atoms with Crippen molar-refractivity contribution >= 4 is 0 Å². The topological polar surface area (TPSA) is 57.2 Å². The summed E-state index contributed by atoms with van der Waals surface area (Å²) < 4.78 is 23.4. The molecular weight excluding hydrogens is 320 g/mol. The highest BCUT2D eigenvalue weighted by Gasteiger charge is 2.71. The number of aliphatic hydroxyl groups is 1. The Hall–Kier alpha value is -0.720. The van der Waals surface area contributed by atoms with Crippen molar-refractivity contribution in [1.29, 1.82) is 0 Å². The molecule has 2 aliphatic heterocycles. The van der Waals surface area contributed by atoms with Crippen molar-refractivity contribution in [3.8, 4) is 0 Å². The van der Waals surface area contributed by atoms with E-state index in [1.807, 2.05) is 13.8 Å². The molecule has 2 saturated heterocycles. The maximum Gasteiger partial charge on any atom is 0.208 e. The van der Waals surface area contributed by atoms with Gasteiger partial charge in [-0.1, -0.05) is 17.7 Å². The lowest BCUT2D eigenvalue weighted by atomic mass is 9.54. The van der Waals surface area contributed by atoms with Crippen LogP contribution in [0, 0.1) is 17.8 Å². The van der Waals surface area contributed by atoms with E-state index in [4.69, 9.17) is 18.9 Å². The molecule has 5 nitrogen and oxygen atoms in total. The van der Waals surface area contributed by atoms with E-state index in [0.29, 0.717) is 25.7 Å². The molecule has 5 aliphatic rings. The normalized spacial score (nSPS) is 45.1. The fourth-order valence-corrected chi connectivity index (χ4v) is 5.63. The number of hydrogen-bond acceptors (Lipinski definition) is 5. The first-order valence-corrected chi connectivity index (χ1v) is 9.41. The van der Waals surface area contributed by atoms with Crippen LogP contribution in [0.2, 0.25) is 0 Å². The maximum atomic E-state index is 11.8. The molecule has 2 heterocycles. The summed E-state index contributed by atoms with van der Waals surface area (Å²) in [5.74, 6) is -0.840. The largest absolute Gasteiger partial charge is 0.379 e. The van der Waals surface area contributed by atoms with Gasteiger partial charge in [0.2, 0.25) is 5.79 Å². The van der Waals surface area contributed by atoms with Crippen LogP contribution >= 0.6 is 0 Å². The number of methoxy groups -OCH3 is 1. The average Bonchev–Trinajstić information content (AvgIpc) is 3.16. The van der Waals surface area contributed by atoms with Gasteiger partial charge < -0.3 is 24.1 Å². The summed E-state index contributed by atoms with van der Waals surface area (Å²) in [4.78, 5) is 0. The first kappa shape index (κ1) is 17.7. The van der Waals surface area contributed by atoms with Crippen LogP contribution in [0.25, 0.3) is 0 Å². The molecule has 0 aromatic heterocycles. The van der Waals surface area contributed by atoms with Gasteiger partial charge in [0.15, 0.2) is 5.79 Å². The predicted octanol–water partition coefficient (Wildman–Crippen LogP) is 2.79. The van der Waals surface area contributed by atoms with E-state index in [1.54, 1.807) is 7.11 Å². The molecule has 5 rings (SSSR count). The standard InChI is InChI=1S/C20H30O5/c1-13-10-16-11-15-12-25-20(22-4,17(13)15)19(16,21)14(2)6-5-7-18(3)23-8-9-24-18/h6,10,15-17,21H,5,7-9,11-12H2,1-4H3/b14-6+/t15-,16+,17-,19-,20+/m0/s1. The Morgan fingerprint density at radius 2 is 2.08 bits per heavy atom.